The van der Waals surface area contributed by atoms with Crippen molar-refractivity contribution in [3.05, 3.63) is 70.3 Å². The van der Waals surface area contributed by atoms with Gasteiger partial charge in [0.05, 0.1) is 16.7 Å². The predicted octanol–water partition coefficient (Wildman–Crippen LogP) is 2.01. The SMILES string of the molecule is O=C(O)c1ccc(C(=O)c2cccc(C(=O)O)c2C(=O)O)cc1. The summed E-state index contributed by atoms with van der Waals surface area (Å²) < 4.78 is 0. The maximum atomic E-state index is 12.4. The van der Waals surface area contributed by atoms with Crippen LogP contribution in [0.25, 0.3) is 0 Å². The Morgan fingerprint density at radius 1 is 0.609 bits per heavy atom. The summed E-state index contributed by atoms with van der Waals surface area (Å²) in [5.74, 6) is -4.86. The number of hydrogen-bond donors (Lipinski definition) is 3. The van der Waals surface area contributed by atoms with Crippen LogP contribution in [0.3, 0.4) is 0 Å². The summed E-state index contributed by atoms with van der Waals surface area (Å²) >= 11 is 0. The van der Waals surface area contributed by atoms with Gasteiger partial charge in [0, 0.05) is 11.1 Å². The average Bonchev–Trinajstić information content (AvgIpc) is 2.53. The molecule has 2 aromatic rings. The lowest BCUT2D eigenvalue weighted by molar-refractivity contribution is 0.0649. The highest BCUT2D eigenvalue weighted by atomic mass is 16.4. The molecule has 0 unspecified atom stereocenters. The van der Waals surface area contributed by atoms with E-state index in [4.69, 9.17) is 10.2 Å². The molecule has 0 fully saturated rings. The Balaban J connectivity index is 2.55. The van der Waals surface area contributed by atoms with Crippen LogP contribution in [0.4, 0.5) is 0 Å². The van der Waals surface area contributed by atoms with E-state index in [0.29, 0.717) is 0 Å². The van der Waals surface area contributed by atoms with E-state index in [1.807, 2.05) is 0 Å². The monoisotopic (exact) mass is 314 g/mol. The van der Waals surface area contributed by atoms with Gasteiger partial charge in [0.2, 0.25) is 0 Å². The molecule has 0 radical (unpaired) electrons. The van der Waals surface area contributed by atoms with Gasteiger partial charge in [-0.3, -0.25) is 4.79 Å². The molecule has 0 heterocycles. The zero-order chi connectivity index (χ0) is 17.1. The number of carboxylic acid groups (broad SMARTS) is 3. The van der Waals surface area contributed by atoms with Crippen LogP contribution in [-0.4, -0.2) is 39.0 Å². The van der Waals surface area contributed by atoms with Gasteiger partial charge in [0.25, 0.3) is 0 Å². The van der Waals surface area contributed by atoms with Gasteiger partial charge in [-0.25, -0.2) is 14.4 Å². The largest absolute Gasteiger partial charge is 0.478 e. The molecule has 0 aromatic heterocycles. The zero-order valence-corrected chi connectivity index (χ0v) is 11.5. The molecule has 0 amide bonds. The normalized spacial score (nSPS) is 10.1. The maximum Gasteiger partial charge on any atom is 0.337 e. The molecule has 0 saturated heterocycles. The first-order valence-electron chi connectivity index (χ1n) is 6.30. The number of aromatic carboxylic acids is 3. The highest BCUT2D eigenvalue weighted by Gasteiger charge is 2.24. The summed E-state index contributed by atoms with van der Waals surface area (Å²) in [6.45, 7) is 0. The first-order valence-corrected chi connectivity index (χ1v) is 6.30. The first-order chi connectivity index (χ1) is 10.8. The topological polar surface area (TPSA) is 129 Å². The molecule has 0 saturated carbocycles. The fraction of sp³-hybridized carbons (Fsp3) is 0. The van der Waals surface area contributed by atoms with Gasteiger partial charge in [-0.1, -0.05) is 24.3 Å². The van der Waals surface area contributed by atoms with Crippen LogP contribution in [-0.2, 0) is 0 Å². The minimum atomic E-state index is -1.53. The van der Waals surface area contributed by atoms with Crippen molar-refractivity contribution in [2.75, 3.05) is 0 Å². The summed E-state index contributed by atoms with van der Waals surface area (Å²) in [6, 6.07) is 8.47. The van der Waals surface area contributed by atoms with E-state index < -0.39 is 34.8 Å². The Morgan fingerprint density at radius 2 is 1.13 bits per heavy atom. The first kappa shape index (κ1) is 15.9. The highest BCUT2D eigenvalue weighted by Crippen LogP contribution is 2.19. The second-order valence-electron chi connectivity index (χ2n) is 4.55. The molecule has 0 bridgehead atoms. The number of carbonyl (C=O) groups is 4. The Hall–Kier alpha value is -3.48. The smallest absolute Gasteiger partial charge is 0.337 e. The summed E-state index contributed by atoms with van der Waals surface area (Å²) in [5, 5.41) is 27.1. The van der Waals surface area contributed by atoms with Gasteiger partial charge in [-0.15, -0.1) is 0 Å². The number of carbonyl (C=O) groups excluding carboxylic acids is 1. The number of benzene rings is 2. The van der Waals surface area contributed by atoms with E-state index in [9.17, 15) is 24.3 Å². The third-order valence-electron chi connectivity index (χ3n) is 3.15. The number of rotatable bonds is 5. The molecule has 0 aliphatic carbocycles. The van der Waals surface area contributed by atoms with E-state index in [1.165, 1.54) is 36.4 Å². The van der Waals surface area contributed by atoms with Crippen molar-refractivity contribution in [3.8, 4) is 0 Å². The standard InChI is InChI=1S/C16H10O7/c17-13(8-4-6-9(7-5-8)14(18)19)10-2-1-3-11(15(20)21)12(10)16(22)23/h1-7H,(H,18,19)(H,20,21)(H,22,23). The quantitative estimate of drug-likeness (QED) is 0.720. The number of carboxylic acids is 3. The summed E-state index contributed by atoms with van der Waals surface area (Å²) in [7, 11) is 0. The van der Waals surface area contributed by atoms with Gasteiger partial charge < -0.3 is 15.3 Å². The molecule has 2 aromatic carbocycles. The van der Waals surface area contributed by atoms with Crippen molar-refractivity contribution >= 4 is 23.7 Å². The predicted molar refractivity (Wildman–Crippen MR) is 77.2 cm³/mol. The van der Waals surface area contributed by atoms with Gasteiger partial charge in [0.1, 0.15) is 0 Å². The lowest BCUT2D eigenvalue weighted by atomic mass is 9.94. The second-order valence-corrected chi connectivity index (χ2v) is 4.55. The molecular formula is C16H10O7. The lowest BCUT2D eigenvalue weighted by Crippen LogP contribution is -2.15. The third-order valence-corrected chi connectivity index (χ3v) is 3.15. The summed E-state index contributed by atoms with van der Waals surface area (Å²) in [5.41, 5.74) is -1.35. The molecule has 7 heteroatoms. The van der Waals surface area contributed by atoms with Crippen LogP contribution in [0.15, 0.2) is 42.5 Å². The van der Waals surface area contributed by atoms with Crippen LogP contribution < -0.4 is 0 Å². The van der Waals surface area contributed by atoms with Crippen molar-refractivity contribution in [2.24, 2.45) is 0 Å². The maximum absolute atomic E-state index is 12.4. The molecule has 0 aliphatic heterocycles. The van der Waals surface area contributed by atoms with Gasteiger partial charge in [-0.2, -0.15) is 0 Å². The van der Waals surface area contributed by atoms with Gasteiger partial charge >= 0.3 is 17.9 Å². The van der Waals surface area contributed by atoms with E-state index in [-0.39, 0.29) is 16.7 Å². The van der Waals surface area contributed by atoms with Crippen molar-refractivity contribution in [2.45, 2.75) is 0 Å². The number of hydrogen-bond acceptors (Lipinski definition) is 4. The Bertz CT molecular complexity index is 819. The fourth-order valence-electron chi connectivity index (χ4n) is 2.07. The zero-order valence-electron chi connectivity index (χ0n) is 11.5. The molecule has 3 N–H and O–H groups in total. The van der Waals surface area contributed by atoms with E-state index in [2.05, 4.69) is 0 Å². The molecule has 116 valence electrons. The summed E-state index contributed by atoms with van der Waals surface area (Å²) in [4.78, 5) is 45.7. The van der Waals surface area contributed by atoms with E-state index in [1.54, 1.807) is 0 Å². The minimum Gasteiger partial charge on any atom is -0.478 e. The van der Waals surface area contributed by atoms with Crippen LogP contribution >= 0.6 is 0 Å². The number of ketones is 1. The average molecular weight is 314 g/mol. The Kier molecular flexibility index (Phi) is 4.22. The molecule has 7 nitrogen and oxygen atoms in total. The van der Waals surface area contributed by atoms with Crippen molar-refractivity contribution in [1.82, 2.24) is 0 Å². The van der Waals surface area contributed by atoms with Crippen molar-refractivity contribution in [1.29, 1.82) is 0 Å². The van der Waals surface area contributed by atoms with Crippen LogP contribution in [0.5, 0.6) is 0 Å². The lowest BCUT2D eigenvalue weighted by Gasteiger charge is -2.08. The molecule has 23 heavy (non-hydrogen) atoms. The van der Waals surface area contributed by atoms with E-state index in [0.717, 1.165) is 6.07 Å². The minimum absolute atomic E-state index is 0.0284. The van der Waals surface area contributed by atoms with Crippen molar-refractivity contribution in [3.63, 3.8) is 0 Å². The fourth-order valence-corrected chi connectivity index (χ4v) is 2.07. The summed E-state index contributed by atoms with van der Waals surface area (Å²) in [6.07, 6.45) is 0. The molecular weight excluding hydrogens is 304 g/mol. The van der Waals surface area contributed by atoms with E-state index >= 15 is 0 Å². The van der Waals surface area contributed by atoms with Crippen LogP contribution in [0.1, 0.15) is 47.0 Å². The molecule has 0 spiro atoms. The van der Waals surface area contributed by atoms with Gasteiger partial charge in [-0.05, 0) is 18.2 Å². The van der Waals surface area contributed by atoms with Crippen LogP contribution in [0.2, 0.25) is 0 Å². The Morgan fingerprint density at radius 3 is 1.61 bits per heavy atom. The second kappa shape index (κ2) is 6.10. The third kappa shape index (κ3) is 3.08. The molecule has 0 aliphatic rings. The molecule has 2 rings (SSSR count). The highest BCUT2D eigenvalue weighted by molar-refractivity contribution is 6.17. The molecule has 0 atom stereocenters. The van der Waals surface area contributed by atoms with Crippen LogP contribution in [0, 0.1) is 0 Å². The Labute approximate surface area is 129 Å². The van der Waals surface area contributed by atoms with Gasteiger partial charge in [0.15, 0.2) is 5.78 Å². The van der Waals surface area contributed by atoms with Crippen molar-refractivity contribution < 1.29 is 34.5 Å².